The third kappa shape index (κ3) is 3.05. The van der Waals surface area contributed by atoms with Crippen LogP contribution in [-0.2, 0) is 29.0 Å². The standard InChI is InChI=1S/C22H17BrN6O3/c23-15-6-2-5-14(9-15)20-24-17(32-26-20)11-28-19-18(25-27-28)21(30)29(22(19)31)16-8-7-12-3-1-4-13(12)10-16/h2,5-10,18-19H,1,3-4,11H2/t18-,19+/m1/s1. The van der Waals surface area contributed by atoms with Gasteiger partial charge in [0.25, 0.3) is 11.8 Å². The molecule has 1 aromatic heterocycles. The van der Waals surface area contributed by atoms with E-state index in [4.69, 9.17) is 4.52 Å². The number of hydrogen-bond acceptors (Lipinski definition) is 8. The number of nitrogens with zero attached hydrogens (tertiary/aromatic N) is 6. The lowest BCUT2D eigenvalue weighted by Crippen LogP contribution is -2.39. The number of benzene rings is 2. The van der Waals surface area contributed by atoms with Crippen LogP contribution in [0.15, 0.2) is 61.8 Å². The van der Waals surface area contributed by atoms with Crippen LogP contribution in [-0.4, -0.2) is 39.0 Å². The molecule has 10 heteroatoms. The fraction of sp³-hybridized carbons (Fsp3) is 0.273. The van der Waals surface area contributed by atoms with E-state index in [0.29, 0.717) is 11.5 Å². The molecule has 0 saturated carbocycles. The maximum atomic E-state index is 13.2. The molecule has 2 atom stereocenters. The first-order chi connectivity index (χ1) is 15.6. The maximum Gasteiger partial charge on any atom is 0.263 e. The number of rotatable bonds is 4. The van der Waals surface area contributed by atoms with Crippen LogP contribution in [0.5, 0.6) is 0 Å². The fourth-order valence-corrected chi connectivity index (χ4v) is 4.91. The molecule has 0 bridgehead atoms. The molecule has 3 aromatic rings. The van der Waals surface area contributed by atoms with E-state index in [1.165, 1.54) is 21.0 Å². The number of hydrogen-bond donors (Lipinski definition) is 0. The van der Waals surface area contributed by atoms with E-state index >= 15 is 0 Å². The molecular formula is C22H17BrN6O3. The number of halogens is 1. The van der Waals surface area contributed by atoms with Crippen LogP contribution in [0.3, 0.4) is 0 Å². The monoisotopic (exact) mass is 492 g/mol. The van der Waals surface area contributed by atoms with Gasteiger partial charge in [0.2, 0.25) is 11.7 Å². The molecular weight excluding hydrogens is 476 g/mol. The van der Waals surface area contributed by atoms with Gasteiger partial charge in [0, 0.05) is 10.0 Å². The summed E-state index contributed by atoms with van der Waals surface area (Å²) in [5.74, 6) is 0.0256. The average molecular weight is 493 g/mol. The van der Waals surface area contributed by atoms with Crippen molar-refractivity contribution >= 4 is 33.4 Å². The van der Waals surface area contributed by atoms with Gasteiger partial charge in [-0.05, 0) is 54.7 Å². The van der Waals surface area contributed by atoms with Crippen molar-refractivity contribution in [2.75, 3.05) is 4.90 Å². The largest absolute Gasteiger partial charge is 0.337 e. The van der Waals surface area contributed by atoms with Crippen LogP contribution in [0.25, 0.3) is 11.4 Å². The number of fused-ring (bicyclic) bond motifs is 2. The molecule has 3 heterocycles. The molecule has 160 valence electrons. The Hall–Kier alpha value is -3.40. The zero-order valence-electron chi connectivity index (χ0n) is 16.8. The molecule has 2 aliphatic heterocycles. The lowest BCUT2D eigenvalue weighted by Gasteiger charge is -2.19. The van der Waals surface area contributed by atoms with E-state index in [9.17, 15) is 9.59 Å². The van der Waals surface area contributed by atoms with Gasteiger partial charge in [0.05, 0.1) is 5.69 Å². The van der Waals surface area contributed by atoms with Crippen molar-refractivity contribution in [3.8, 4) is 11.4 Å². The van der Waals surface area contributed by atoms with Gasteiger partial charge in [-0.1, -0.05) is 44.5 Å². The minimum absolute atomic E-state index is 0.0860. The summed E-state index contributed by atoms with van der Waals surface area (Å²) in [6.45, 7) is 0.0860. The summed E-state index contributed by atoms with van der Waals surface area (Å²) in [6, 6.07) is 11.7. The highest BCUT2D eigenvalue weighted by Gasteiger charge is 2.55. The van der Waals surface area contributed by atoms with Crippen molar-refractivity contribution in [2.45, 2.75) is 37.9 Å². The second-order valence-electron chi connectivity index (χ2n) is 8.03. The second-order valence-corrected chi connectivity index (χ2v) is 8.95. The first kappa shape index (κ1) is 19.3. The molecule has 6 rings (SSSR count). The smallest absolute Gasteiger partial charge is 0.263 e. The quantitative estimate of drug-likeness (QED) is 0.516. The van der Waals surface area contributed by atoms with Crippen LogP contribution in [0, 0.1) is 0 Å². The number of imide groups is 1. The molecule has 0 radical (unpaired) electrons. The highest BCUT2D eigenvalue weighted by Crippen LogP contribution is 2.35. The summed E-state index contributed by atoms with van der Waals surface area (Å²) >= 11 is 3.43. The summed E-state index contributed by atoms with van der Waals surface area (Å²) < 4.78 is 6.27. The minimum Gasteiger partial charge on any atom is -0.337 e. The zero-order valence-corrected chi connectivity index (χ0v) is 18.4. The maximum absolute atomic E-state index is 13.2. The lowest BCUT2D eigenvalue weighted by atomic mass is 10.1. The van der Waals surface area contributed by atoms with Gasteiger partial charge < -0.3 is 4.52 Å². The SMILES string of the molecule is O=C1[C@@H]2[C@@H](N=NN2Cc2nc(-c3cccc(Br)c3)no2)C(=O)N1c1ccc2c(c1)CCC2. The van der Waals surface area contributed by atoms with E-state index < -0.39 is 12.1 Å². The van der Waals surface area contributed by atoms with E-state index in [1.54, 1.807) is 0 Å². The van der Waals surface area contributed by atoms with Crippen molar-refractivity contribution in [3.05, 3.63) is 64.0 Å². The first-order valence-electron chi connectivity index (χ1n) is 10.3. The molecule has 1 fully saturated rings. The summed E-state index contributed by atoms with van der Waals surface area (Å²) in [7, 11) is 0. The number of carbonyl (C=O) groups excluding carboxylic acids is 2. The van der Waals surface area contributed by atoms with Crippen molar-refractivity contribution in [1.82, 2.24) is 15.1 Å². The van der Waals surface area contributed by atoms with Crippen LogP contribution < -0.4 is 4.90 Å². The van der Waals surface area contributed by atoms with E-state index in [-0.39, 0.29) is 24.2 Å². The van der Waals surface area contributed by atoms with Gasteiger partial charge in [-0.2, -0.15) is 10.1 Å². The molecule has 1 aliphatic carbocycles. The topological polar surface area (TPSA) is 104 Å². The van der Waals surface area contributed by atoms with Gasteiger partial charge >= 0.3 is 0 Å². The highest BCUT2D eigenvalue weighted by atomic mass is 79.9. The number of aryl methyl sites for hydroxylation is 2. The fourth-order valence-electron chi connectivity index (χ4n) is 4.51. The van der Waals surface area contributed by atoms with Gasteiger partial charge in [-0.15, -0.1) is 0 Å². The molecule has 0 spiro atoms. The molecule has 2 amide bonds. The van der Waals surface area contributed by atoms with Gasteiger partial charge in [-0.25, -0.2) is 4.90 Å². The van der Waals surface area contributed by atoms with Crippen molar-refractivity contribution in [3.63, 3.8) is 0 Å². The van der Waals surface area contributed by atoms with Crippen molar-refractivity contribution in [2.24, 2.45) is 10.3 Å². The van der Waals surface area contributed by atoms with E-state index in [1.807, 2.05) is 42.5 Å². The Balaban J connectivity index is 1.23. The van der Waals surface area contributed by atoms with Gasteiger partial charge in [0.1, 0.15) is 6.54 Å². The average Bonchev–Trinajstić information content (AvgIpc) is 3.56. The Morgan fingerprint density at radius 3 is 2.81 bits per heavy atom. The second kappa shape index (κ2) is 7.33. The predicted octanol–water partition coefficient (Wildman–Crippen LogP) is 3.48. The Morgan fingerprint density at radius 1 is 1.06 bits per heavy atom. The molecule has 0 unspecified atom stereocenters. The summed E-state index contributed by atoms with van der Waals surface area (Å²) in [5, 5.41) is 13.6. The summed E-state index contributed by atoms with van der Waals surface area (Å²) in [6.07, 6.45) is 3.10. The number of carbonyl (C=O) groups is 2. The molecule has 3 aliphatic rings. The van der Waals surface area contributed by atoms with Crippen LogP contribution in [0.2, 0.25) is 0 Å². The van der Waals surface area contributed by atoms with Gasteiger partial charge in [-0.3, -0.25) is 14.6 Å². The van der Waals surface area contributed by atoms with E-state index in [2.05, 4.69) is 36.4 Å². The zero-order chi connectivity index (χ0) is 21.8. The molecule has 0 N–H and O–H groups in total. The predicted molar refractivity (Wildman–Crippen MR) is 116 cm³/mol. The van der Waals surface area contributed by atoms with Crippen LogP contribution in [0.1, 0.15) is 23.4 Å². The third-order valence-electron chi connectivity index (χ3n) is 6.05. The van der Waals surface area contributed by atoms with Crippen LogP contribution in [0.4, 0.5) is 5.69 Å². The Bertz CT molecular complexity index is 1290. The molecule has 32 heavy (non-hydrogen) atoms. The van der Waals surface area contributed by atoms with Crippen molar-refractivity contribution in [1.29, 1.82) is 0 Å². The van der Waals surface area contributed by atoms with E-state index in [0.717, 1.165) is 29.3 Å². The summed E-state index contributed by atoms with van der Waals surface area (Å²) in [4.78, 5) is 31.9. The lowest BCUT2D eigenvalue weighted by molar-refractivity contribution is -0.123. The minimum atomic E-state index is -0.858. The Kier molecular flexibility index (Phi) is 4.42. The molecule has 2 aromatic carbocycles. The first-order valence-corrected chi connectivity index (χ1v) is 11.1. The molecule has 9 nitrogen and oxygen atoms in total. The third-order valence-corrected chi connectivity index (χ3v) is 6.54. The summed E-state index contributed by atoms with van der Waals surface area (Å²) in [5.41, 5.74) is 3.88. The van der Waals surface area contributed by atoms with Crippen molar-refractivity contribution < 1.29 is 14.1 Å². The Morgan fingerprint density at radius 2 is 1.94 bits per heavy atom. The normalized spacial score (nSPS) is 21.5. The molecule has 1 saturated heterocycles. The van der Waals surface area contributed by atoms with Gasteiger partial charge in [0.15, 0.2) is 12.1 Å². The number of amides is 2. The Labute approximate surface area is 191 Å². The van der Waals surface area contributed by atoms with Crippen LogP contribution >= 0.6 is 15.9 Å². The number of anilines is 1. The highest BCUT2D eigenvalue weighted by molar-refractivity contribution is 9.10. The number of aromatic nitrogens is 2.